The summed E-state index contributed by atoms with van der Waals surface area (Å²) in [6.07, 6.45) is 0. The third-order valence-corrected chi connectivity index (χ3v) is 3.51. The number of piperazine rings is 1. The van der Waals surface area contributed by atoms with Crippen molar-refractivity contribution in [2.24, 2.45) is 5.73 Å². The molecule has 0 aromatic heterocycles. The van der Waals surface area contributed by atoms with Crippen molar-refractivity contribution in [1.29, 1.82) is 0 Å². The van der Waals surface area contributed by atoms with Crippen LogP contribution in [0, 0.1) is 0 Å². The molecule has 1 saturated heterocycles. The van der Waals surface area contributed by atoms with Crippen LogP contribution >= 0.6 is 0 Å². The van der Waals surface area contributed by atoms with Crippen molar-refractivity contribution < 1.29 is 9.59 Å². The van der Waals surface area contributed by atoms with Crippen LogP contribution in [0.15, 0.2) is 30.3 Å². The average molecular weight is 261 g/mol. The first-order valence-electron chi connectivity index (χ1n) is 6.43. The summed E-state index contributed by atoms with van der Waals surface area (Å²) in [6.45, 7) is 4.19. The zero-order valence-electron chi connectivity index (χ0n) is 11.1. The van der Waals surface area contributed by atoms with E-state index in [4.69, 9.17) is 5.73 Å². The van der Waals surface area contributed by atoms with Crippen LogP contribution in [0.5, 0.6) is 0 Å². The molecule has 5 nitrogen and oxygen atoms in total. The number of hydrogen-bond acceptors (Lipinski definition) is 3. The van der Waals surface area contributed by atoms with Gasteiger partial charge in [0, 0.05) is 33.1 Å². The van der Waals surface area contributed by atoms with Gasteiger partial charge in [0.15, 0.2) is 0 Å². The maximum Gasteiger partial charge on any atom is 0.239 e. The van der Waals surface area contributed by atoms with E-state index in [-0.39, 0.29) is 11.8 Å². The lowest BCUT2D eigenvalue weighted by molar-refractivity contribution is -0.131. The number of nitrogens with two attached hydrogens (primary N) is 1. The Bertz CT molecular complexity index is 453. The fourth-order valence-corrected chi connectivity index (χ4v) is 2.49. The highest BCUT2D eigenvalue weighted by Crippen LogP contribution is 2.21. The molecule has 2 rings (SSSR count). The molecule has 2 amide bonds. The molecule has 1 aromatic carbocycles. The predicted octanol–water partition coefficient (Wildman–Crippen LogP) is 0.377. The van der Waals surface area contributed by atoms with Crippen molar-refractivity contribution in [2.75, 3.05) is 26.2 Å². The fourth-order valence-electron chi connectivity index (χ4n) is 2.49. The number of rotatable bonds is 3. The first-order valence-corrected chi connectivity index (χ1v) is 6.43. The van der Waals surface area contributed by atoms with E-state index in [1.54, 1.807) is 11.8 Å². The molecule has 1 fully saturated rings. The van der Waals surface area contributed by atoms with Crippen LogP contribution in [0.1, 0.15) is 18.5 Å². The second-order valence-electron chi connectivity index (χ2n) is 4.76. The fraction of sp³-hybridized carbons (Fsp3) is 0.429. The predicted molar refractivity (Wildman–Crippen MR) is 72.2 cm³/mol. The van der Waals surface area contributed by atoms with Crippen LogP contribution in [-0.2, 0) is 9.59 Å². The minimum Gasteiger partial charge on any atom is -0.368 e. The van der Waals surface area contributed by atoms with E-state index in [0.29, 0.717) is 26.2 Å². The summed E-state index contributed by atoms with van der Waals surface area (Å²) < 4.78 is 0. The molecular weight excluding hydrogens is 242 g/mol. The summed E-state index contributed by atoms with van der Waals surface area (Å²) in [6, 6.07) is 9.12. The molecule has 102 valence electrons. The van der Waals surface area contributed by atoms with Gasteiger partial charge in [-0.25, -0.2) is 0 Å². The number of nitrogens with zero attached hydrogens (tertiary/aromatic N) is 2. The molecule has 0 saturated carbocycles. The number of benzene rings is 1. The van der Waals surface area contributed by atoms with Gasteiger partial charge in [0.25, 0.3) is 0 Å². The van der Waals surface area contributed by atoms with Crippen molar-refractivity contribution in [3.63, 3.8) is 0 Å². The van der Waals surface area contributed by atoms with Crippen molar-refractivity contribution in [2.45, 2.75) is 13.0 Å². The lowest BCUT2D eigenvalue weighted by Crippen LogP contribution is -2.51. The summed E-state index contributed by atoms with van der Waals surface area (Å²) in [7, 11) is 0. The van der Waals surface area contributed by atoms with Gasteiger partial charge in [0.1, 0.15) is 6.04 Å². The zero-order chi connectivity index (χ0) is 13.8. The quantitative estimate of drug-likeness (QED) is 0.855. The van der Waals surface area contributed by atoms with Gasteiger partial charge in [-0.3, -0.25) is 14.5 Å². The normalized spacial score (nSPS) is 18.1. The molecule has 0 radical (unpaired) electrons. The van der Waals surface area contributed by atoms with Crippen LogP contribution in [0.25, 0.3) is 0 Å². The Morgan fingerprint density at radius 2 is 1.68 bits per heavy atom. The van der Waals surface area contributed by atoms with Crippen molar-refractivity contribution in [3.8, 4) is 0 Å². The van der Waals surface area contributed by atoms with Gasteiger partial charge in [0.05, 0.1) is 0 Å². The summed E-state index contributed by atoms with van der Waals surface area (Å²) in [5, 5.41) is 0. The van der Waals surface area contributed by atoms with Crippen molar-refractivity contribution >= 4 is 11.8 Å². The van der Waals surface area contributed by atoms with Crippen LogP contribution in [-0.4, -0.2) is 47.8 Å². The summed E-state index contributed by atoms with van der Waals surface area (Å²) in [5.74, 6) is -0.266. The summed E-state index contributed by atoms with van der Waals surface area (Å²) in [4.78, 5) is 26.8. The molecular formula is C14H19N3O2. The minimum atomic E-state index is -0.407. The zero-order valence-corrected chi connectivity index (χ0v) is 11.1. The van der Waals surface area contributed by atoms with E-state index in [1.807, 2.05) is 35.2 Å². The van der Waals surface area contributed by atoms with Gasteiger partial charge in [-0.15, -0.1) is 0 Å². The van der Waals surface area contributed by atoms with Gasteiger partial charge in [-0.2, -0.15) is 0 Å². The van der Waals surface area contributed by atoms with Gasteiger partial charge < -0.3 is 10.6 Å². The maximum absolute atomic E-state index is 11.7. The van der Waals surface area contributed by atoms with Crippen molar-refractivity contribution in [3.05, 3.63) is 35.9 Å². The Hall–Kier alpha value is -1.88. The van der Waals surface area contributed by atoms with E-state index in [0.717, 1.165) is 5.56 Å². The van der Waals surface area contributed by atoms with E-state index in [2.05, 4.69) is 0 Å². The molecule has 2 N–H and O–H groups in total. The molecule has 0 unspecified atom stereocenters. The number of carbonyl (C=O) groups excluding carboxylic acids is 2. The Balaban J connectivity index is 2.10. The van der Waals surface area contributed by atoms with E-state index in [1.165, 1.54) is 0 Å². The second kappa shape index (κ2) is 5.84. The highest BCUT2D eigenvalue weighted by atomic mass is 16.2. The van der Waals surface area contributed by atoms with Gasteiger partial charge in [0.2, 0.25) is 11.8 Å². The highest BCUT2D eigenvalue weighted by molar-refractivity contribution is 5.81. The van der Waals surface area contributed by atoms with Crippen LogP contribution in [0.3, 0.4) is 0 Å². The first kappa shape index (κ1) is 13.5. The van der Waals surface area contributed by atoms with Crippen LogP contribution in [0.2, 0.25) is 0 Å². The van der Waals surface area contributed by atoms with E-state index < -0.39 is 6.04 Å². The van der Waals surface area contributed by atoms with Crippen molar-refractivity contribution in [1.82, 2.24) is 9.80 Å². The molecule has 1 heterocycles. The standard InChI is InChI=1S/C14H19N3O2/c1-11(18)16-7-9-17(10-8-16)13(14(15)19)12-5-3-2-4-6-12/h2-6,13H,7-10H2,1H3,(H2,15,19)/t13-/m1/s1. The largest absolute Gasteiger partial charge is 0.368 e. The number of primary amides is 1. The van der Waals surface area contributed by atoms with E-state index in [9.17, 15) is 9.59 Å². The monoisotopic (exact) mass is 261 g/mol. The molecule has 1 aliphatic rings. The maximum atomic E-state index is 11.7. The number of amides is 2. The smallest absolute Gasteiger partial charge is 0.239 e. The minimum absolute atomic E-state index is 0.0787. The average Bonchev–Trinajstić information content (AvgIpc) is 2.40. The molecule has 19 heavy (non-hydrogen) atoms. The molecule has 0 aliphatic carbocycles. The topological polar surface area (TPSA) is 66.6 Å². The Morgan fingerprint density at radius 3 is 2.16 bits per heavy atom. The van der Waals surface area contributed by atoms with Gasteiger partial charge >= 0.3 is 0 Å². The Kier molecular flexibility index (Phi) is 4.16. The van der Waals surface area contributed by atoms with Crippen LogP contribution in [0.4, 0.5) is 0 Å². The number of carbonyl (C=O) groups is 2. The Morgan fingerprint density at radius 1 is 1.11 bits per heavy atom. The summed E-state index contributed by atoms with van der Waals surface area (Å²) in [5.41, 5.74) is 6.44. The molecule has 5 heteroatoms. The van der Waals surface area contributed by atoms with E-state index >= 15 is 0 Å². The molecule has 1 aliphatic heterocycles. The second-order valence-corrected chi connectivity index (χ2v) is 4.76. The lowest BCUT2D eigenvalue weighted by atomic mass is 10.0. The Labute approximate surface area is 113 Å². The molecule has 1 atom stereocenters. The van der Waals surface area contributed by atoms with Gasteiger partial charge in [-0.05, 0) is 5.56 Å². The third-order valence-electron chi connectivity index (χ3n) is 3.51. The first-order chi connectivity index (χ1) is 9.09. The SMILES string of the molecule is CC(=O)N1CCN([C@@H](C(N)=O)c2ccccc2)CC1. The molecule has 1 aromatic rings. The third kappa shape index (κ3) is 3.12. The highest BCUT2D eigenvalue weighted by Gasteiger charge is 2.29. The van der Waals surface area contributed by atoms with Crippen LogP contribution < -0.4 is 5.73 Å². The molecule has 0 bridgehead atoms. The lowest BCUT2D eigenvalue weighted by Gasteiger charge is -2.37. The molecule has 0 spiro atoms. The number of hydrogen-bond donors (Lipinski definition) is 1. The van der Waals surface area contributed by atoms with Gasteiger partial charge in [-0.1, -0.05) is 30.3 Å². The summed E-state index contributed by atoms with van der Waals surface area (Å²) >= 11 is 0.